The van der Waals surface area contributed by atoms with Crippen LogP contribution in [0.15, 0.2) is 28.7 Å². The molecule has 0 bridgehead atoms. The Labute approximate surface area is 120 Å². The molecular weight excluding hydrogens is 308 g/mol. The molecule has 0 radical (unpaired) electrons. The van der Waals surface area contributed by atoms with Gasteiger partial charge in [-0.2, -0.15) is 0 Å². The van der Waals surface area contributed by atoms with Gasteiger partial charge in [0, 0.05) is 21.8 Å². The van der Waals surface area contributed by atoms with Gasteiger partial charge in [0.2, 0.25) is 0 Å². The van der Waals surface area contributed by atoms with E-state index in [0.29, 0.717) is 0 Å². The van der Waals surface area contributed by atoms with Gasteiger partial charge in [-0.15, -0.1) is 11.3 Å². The highest BCUT2D eigenvalue weighted by Gasteiger charge is 2.11. The van der Waals surface area contributed by atoms with Crippen LogP contribution in [0.1, 0.15) is 34.1 Å². The fourth-order valence-corrected chi connectivity index (χ4v) is 3.26. The molecule has 0 aliphatic carbocycles. The highest BCUT2D eigenvalue weighted by atomic mass is 79.9. The van der Waals surface area contributed by atoms with E-state index in [0.717, 1.165) is 27.9 Å². The molecule has 2 nitrogen and oxygen atoms in total. The molecule has 0 aliphatic rings. The van der Waals surface area contributed by atoms with E-state index in [1.807, 2.05) is 12.1 Å². The Bertz CT molecular complexity index is 519. The number of benzene rings is 1. The van der Waals surface area contributed by atoms with E-state index >= 15 is 0 Å². The van der Waals surface area contributed by atoms with Gasteiger partial charge in [0.05, 0.1) is 10.7 Å². The van der Waals surface area contributed by atoms with Crippen LogP contribution in [0.25, 0.3) is 0 Å². The van der Waals surface area contributed by atoms with Crippen molar-refractivity contribution in [3.8, 4) is 0 Å². The number of rotatable bonds is 4. The van der Waals surface area contributed by atoms with E-state index in [4.69, 9.17) is 5.73 Å². The zero-order valence-corrected chi connectivity index (χ0v) is 13.0. The number of hydrogen-bond donors (Lipinski definition) is 1. The van der Waals surface area contributed by atoms with E-state index in [1.54, 1.807) is 11.3 Å². The molecule has 2 rings (SSSR count). The Morgan fingerprint density at radius 1 is 1.33 bits per heavy atom. The summed E-state index contributed by atoms with van der Waals surface area (Å²) in [6.07, 6.45) is 1.81. The van der Waals surface area contributed by atoms with Crippen molar-refractivity contribution in [2.45, 2.75) is 32.7 Å². The minimum atomic E-state index is 0.0216. The summed E-state index contributed by atoms with van der Waals surface area (Å²) in [6.45, 7) is 4.27. The van der Waals surface area contributed by atoms with E-state index < -0.39 is 0 Å². The lowest BCUT2D eigenvalue weighted by atomic mass is 10.1. The Morgan fingerprint density at radius 2 is 2.00 bits per heavy atom. The van der Waals surface area contributed by atoms with Crippen molar-refractivity contribution in [2.75, 3.05) is 0 Å². The number of aromatic nitrogens is 1. The first kappa shape index (κ1) is 13.7. The highest BCUT2D eigenvalue weighted by Crippen LogP contribution is 2.23. The van der Waals surface area contributed by atoms with Gasteiger partial charge in [0.1, 0.15) is 0 Å². The molecule has 0 saturated carbocycles. The molecule has 18 heavy (non-hydrogen) atoms. The maximum atomic E-state index is 6.23. The molecule has 1 heterocycles. The lowest BCUT2D eigenvalue weighted by Crippen LogP contribution is -2.13. The summed E-state index contributed by atoms with van der Waals surface area (Å²) in [5.41, 5.74) is 8.59. The predicted molar refractivity (Wildman–Crippen MR) is 81.0 cm³/mol. The molecule has 1 unspecified atom stereocenters. The predicted octanol–water partition coefficient (Wildman–Crippen LogP) is 4.02. The molecule has 0 fully saturated rings. The second-order valence-corrected chi connectivity index (χ2v) is 6.53. The molecular formula is C14H17BrN2S. The van der Waals surface area contributed by atoms with Crippen molar-refractivity contribution in [3.63, 3.8) is 0 Å². The molecule has 1 aromatic carbocycles. The van der Waals surface area contributed by atoms with Gasteiger partial charge >= 0.3 is 0 Å². The molecule has 96 valence electrons. The van der Waals surface area contributed by atoms with Crippen molar-refractivity contribution in [3.05, 3.63) is 49.9 Å². The van der Waals surface area contributed by atoms with Crippen molar-refractivity contribution in [1.82, 2.24) is 4.98 Å². The summed E-state index contributed by atoms with van der Waals surface area (Å²) in [6, 6.07) is 8.21. The second-order valence-electron chi connectivity index (χ2n) is 4.33. The van der Waals surface area contributed by atoms with Crippen molar-refractivity contribution in [2.24, 2.45) is 5.73 Å². The van der Waals surface area contributed by atoms with Crippen LogP contribution in [-0.2, 0) is 12.8 Å². The first-order valence-corrected chi connectivity index (χ1v) is 7.67. The van der Waals surface area contributed by atoms with Crippen LogP contribution in [0.5, 0.6) is 0 Å². The maximum Gasteiger partial charge on any atom is 0.0949 e. The van der Waals surface area contributed by atoms with Crippen LogP contribution < -0.4 is 5.73 Å². The van der Waals surface area contributed by atoms with Crippen LogP contribution in [-0.4, -0.2) is 4.98 Å². The number of thiazole rings is 1. The third-order valence-electron chi connectivity index (χ3n) is 2.96. The van der Waals surface area contributed by atoms with Crippen LogP contribution >= 0.6 is 27.3 Å². The Kier molecular flexibility index (Phi) is 4.54. The van der Waals surface area contributed by atoms with Crippen molar-refractivity contribution < 1.29 is 0 Å². The molecule has 0 aliphatic heterocycles. The average molecular weight is 325 g/mol. The van der Waals surface area contributed by atoms with Gasteiger partial charge in [0.25, 0.3) is 0 Å². The van der Waals surface area contributed by atoms with Gasteiger partial charge in [-0.3, -0.25) is 0 Å². The SMILES string of the molecule is CCc1nc(CC(N)c2ccc(Br)cc2)sc1C. The van der Waals surface area contributed by atoms with Gasteiger partial charge in [-0.1, -0.05) is 35.0 Å². The van der Waals surface area contributed by atoms with E-state index in [1.165, 1.54) is 10.6 Å². The second kappa shape index (κ2) is 5.95. The first-order chi connectivity index (χ1) is 8.60. The zero-order valence-electron chi connectivity index (χ0n) is 10.6. The smallest absolute Gasteiger partial charge is 0.0949 e. The minimum Gasteiger partial charge on any atom is -0.324 e. The lowest BCUT2D eigenvalue weighted by molar-refractivity contribution is 0.715. The van der Waals surface area contributed by atoms with Gasteiger partial charge in [-0.05, 0) is 31.0 Å². The number of halogens is 1. The Morgan fingerprint density at radius 3 is 2.56 bits per heavy atom. The summed E-state index contributed by atoms with van der Waals surface area (Å²) in [4.78, 5) is 5.96. The number of nitrogens with two attached hydrogens (primary N) is 1. The minimum absolute atomic E-state index is 0.0216. The van der Waals surface area contributed by atoms with E-state index in [2.05, 4.69) is 46.9 Å². The quantitative estimate of drug-likeness (QED) is 0.922. The van der Waals surface area contributed by atoms with Crippen LogP contribution in [0.2, 0.25) is 0 Å². The summed E-state index contributed by atoms with van der Waals surface area (Å²) in [5.74, 6) is 0. The molecule has 0 saturated heterocycles. The molecule has 4 heteroatoms. The summed E-state index contributed by atoms with van der Waals surface area (Å²) in [7, 11) is 0. The summed E-state index contributed by atoms with van der Waals surface area (Å²) in [5, 5.41) is 1.14. The third-order valence-corrected chi connectivity index (χ3v) is 4.53. The average Bonchev–Trinajstić information content (AvgIpc) is 2.70. The maximum absolute atomic E-state index is 6.23. The first-order valence-electron chi connectivity index (χ1n) is 6.06. The van der Waals surface area contributed by atoms with Crippen molar-refractivity contribution in [1.29, 1.82) is 0 Å². The fraction of sp³-hybridized carbons (Fsp3) is 0.357. The van der Waals surface area contributed by atoms with Gasteiger partial charge < -0.3 is 5.73 Å². The van der Waals surface area contributed by atoms with E-state index in [9.17, 15) is 0 Å². The zero-order chi connectivity index (χ0) is 13.1. The summed E-state index contributed by atoms with van der Waals surface area (Å²) >= 11 is 5.20. The Hall–Kier alpha value is -0.710. The number of aryl methyl sites for hydroxylation is 2. The normalized spacial score (nSPS) is 12.7. The third kappa shape index (κ3) is 3.19. The van der Waals surface area contributed by atoms with Crippen LogP contribution in [0.3, 0.4) is 0 Å². The molecule has 1 aromatic heterocycles. The molecule has 2 aromatic rings. The van der Waals surface area contributed by atoms with Crippen LogP contribution in [0.4, 0.5) is 0 Å². The molecule has 2 N–H and O–H groups in total. The van der Waals surface area contributed by atoms with Gasteiger partial charge in [0.15, 0.2) is 0 Å². The van der Waals surface area contributed by atoms with Crippen molar-refractivity contribution >= 4 is 27.3 Å². The highest BCUT2D eigenvalue weighted by molar-refractivity contribution is 9.10. The number of hydrogen-bond acceptors (Lipinski definition) is 3. The standard InChI is InChI=1S/C14H17BrN2S/c1-3-13-9(2)18-14(17-13)8-12(16)10-4-6-11(15)7-5-10/h4-7,12H,3,8,16H2,1-2H3. The molecule has 0 amide bonds. The topological polar surface area (TPSA) is 38.9 Å². The van der Waals surface area contributed by atoms with E-state index in [-0.39, 0.29) is 6.04 Å². The fourth-order valence-electron chi connectivity index (χ4n) is 1.92. The largest absolute Gasteiger partial charge is 0.324 e. The summed E-state index contributed by atoms with van der Waals surface area (Å²) < 4.78 is 1.08. The lowest BCUT2D eigenvalue weighted by Gasteiger charge is -2.10. The van der Waals surface area contributed by atoms with Crippen LogP contribution in [0, 0.1) is 6.92 Å². The number of nitrogens with zero attached hydrogens (tertiary/aromatic N) is 1. The molecule has 0 spiro atoms. The Balaban J connectivity index is 2.10. The monoisotopic (exact) mass is 324 g/mol. The van der Waals surface area contributed by atoms with Gasteiger partial charge in [-0.25, -0.2) is 4.98 Å². The molecule has 1 atom stereocenters.